The van der Waals surface area contributed by atoms with Crippen LogP contribution in [0.4, 0.5) is 5.69 Å². The quantitative estimate of drug-likeness (QED) is 0.798. The number of carbonyl (C=O) groups is 2. The van der Waals surface area contributed by atoms with Gasteiger partial charge in [0.15, 0.2) is 13.2 Å². The third kappa shape index (κ3) is 5.74. The SMILES string of the molecule is CC1CCN(C(=O)COc2ccccc2NC(=O)COc2ccccc2)CC1. The molecule has 0 aliphatic carbocycles. The van der Waals surface area contributed by atoms with Gasteiger partial charge in [-0.2, -0.15) is 0 Å². The molecule has 0 bridgehead atoms. The van der Waals surface area contributed by atoms with Gasteiger partial charge in [0, 0.05) is 13.1 Å². The number of carbonyl (C=O) groups excluding carboxylic acids is 2. The first kappa shape index (κ1) is 19.7. The lowest BCUT2D eigenvalue weighted by Crippen LogP contribution is -2.40. The minimum atomic E-state index is -0.295. The maximum absolute atomic E-state index is 12.4. The van der Waals surface area contributed by atoms with Gasteiger partial charge in [0.05, 0.1) is 5.69 Å². The van der Waals surface area contributed by atoms with Crippen molar-refractivity contribution >= 4 is 17.5 Å². The minimum absolute atomic E-state index is 0.0274. The van der Waals surface area contributed by atoms with Crippen LogP contribution in [0.15, 0.2) is 54.6 Å². The number of likely N-dealkylation sites (tertiary alicyclic amines) is 1. The fourth-order valence-electron chi connectivity index (χ4n) is 3.04. The van der Waals surface area contributed by atoms with Gasteiger partial charge in [0.1, 0.15) is 11.5 Å². The lowest BCUT2D eigenvalue weighted by molar-refractivity contribution is -0.134. The highest BCUT2D eigenvalue weighted by Gasteiger charge is 2.21. The average molecular weight is 382 g/mol. The predicted molar refractivity (Wildman–Crippen MR) is 107 cm³/mol. The second-order valence-electron chi connectivity index (χ2n) is 7.00. The van der Waals surface area contributed by atoms with Gasteiger partial charge >= 0.3 is 0 Å². The summed E-state index contributed by atoms with van der Waals surface area (Å²) in [7, 11) is 0. The number of para-hydroxylation sites is 3. The average Bonchev–Trinajstić information content (AvgIpc) is 2.73. The van der Waals surface area contributed by atoms with Crippen molar-refractivity contribution in [2.45, 2.75) is 19.8 Å². The first-order chi connectivity index (χ1) is 13.6. The Morgan fingerprint density at radius 3 is 2.39 bits per heavy atom. The van der Waals surface area contributed by atoms with Gasteiger partial charge in [-0.1, -0.05) is 37.3 Å². The molecule has 0 spiro atoms. The van der Waals surface area contributed by atoms with Crippen LogP contribution >= 0.6 is 0 Å². The number of amides is 2. The normalized spacial score (nSPS) is 14.4. The Balaban J connectivity index is 1.51. The van der Waals surface area contributed by atoms with Crippen LogP contribution < -0.4 is 14.8 Å². The van der Waals surface area contributed by atoms with E-state index >= 15 is 0 Å². The summed E-state index contributed by atoms with van der Waals surface area (Å²) in [5.74, 6) is 1.44. The lowest BCUT2D eigenvalue weighted by Gasteiger charge is -2.30. The first-order valence-corrected chi connectivity index (χ1v) is 9.59. The summed E-state index contributed by atoms with van der Waals surface area (Å²) >= 11 is 0. The largest absolute Gasteiger partial charge is 0.484 e. The van der Waals surface area contributed by atoms with Crippen LogP contribution in [0.25, 0.3) is 0 Å². The van der Waals surface area contributed by atoms with E-state index in [0.29, 0.717) is 23.1 Å². The molecular formula is C22H26N2O4. The summed E-state index contributed by atoms with van der Waals surface area (Å²) in [6.45, 7) is 3.61. The maximum atomic E-state index is 12.4. The van der Waals surface area contributed by atoms with Crippen molar-refractivity contribution in [2.24, 2.45) is 5.92 Å². The molecule has 1 aliphatic heterocycles. The molecule has 1 heterocycles. The third-order valence-electron chi connectivity index (χ3n) is 4.76. The zero-order chi connectivity index (χ0) is 19.8. The number of nitrogens with zero attached hydrogens (tertiary/aromatic N) is 1. The number of hydrogen-bond acceptors (Lipinski definition) is 4. The second-order valence-corrected chi connectivity index (χ2v) is 7.00. The Labute approximate surface area is 165 Å². The number of rotatable bonds is 7. The number of ether oxygens (including phenoxy) is 2. The van der Waals surface area contributed by atoms with Gasteiger partial charge in [-0.25, -0.2) is 0 Å². The highest BCUT2D eigenvalue weighted by molar-refractivity contribution is 5.93. The molecule has 0 unspecified atom stereocenters. The lowest BCUT2D eigenvalue weighted by atomic mass is 9.99. The van der Waals surface area contributed by atoms with Crippen LogP contribution in [0, 0.1) is 5.92 Å². The van der Waals surface area contributed by atoms with Crippen molar-refractivity contribution in [1.82, 2.24) is 4.90 Å². The molecule has 0 atom stereocenters. The highest BCUT2D eigenvalue weighted by atomic mass is 16.5. The molecule has 2 aromatic carbocycles. The molecule has 1 fully saturated rings. The van der Waals surface area contributed by atoms with Crippen LogP contribution in [0.3, 0.4) is 0 Å². The third-order valence-corrected chi connectivity index (χ3v) is 4.76. The number of hydrogen-bond donors (Lipinski definition) is 1. The van der Waals surface area contributed by atoms with E-state index in [1.54, 1.807) is 36.4 Å². The number of benzene rings is 2. The Bertz CT molecular complexity index is 786. The number of anilines is 1. The Kier molecular flexibility index (Phi) is 6.89. The summed E-state index contributed by atoms with van der Waals surface area (Å²) in [5.41, 5.74) is 0.518. The fourth-order valence-corrected chi connectivity index (χ4v) is 3.04. The Morgan fingerprint density at radius 2 is 1.64 bits per heavy atom. The topological polar surface area (TPSA) is 67.9 Å². The van der Waals surface area contributed by atoms with Crippen LogP contribution in [-0.4, -0.2) is 43.0 Å². The van der Waals surface area contributed by atoms with E-state index < -0.39 is 0 Å². The first-order valence-electron chi connectivity index (χ1n) is 9.59. The van der Waals surface area contributed by atoms with E-state index in [2.05, 4.69) is 12.2 Å². The minimum Gasteiger partial charge on any atom is -0.484 e. The number of piperidine rings is 1. The molecule has 0 saturated carbocycles. The van der Waals surface area contributed by atoms with Gasteiger partial charge in [0.2, 0.25) is 0 Å². The summed E-state index contributed by atoms with van der Waals surface area (Å²) in [5, 5.41) is 2.78. The van der Waals surface area contributed by atoms with Crippen molar-refractivity contribution in [3.05, 3.63) is 54.6 Å². The van der Waals surface area contributed by atoms with Gasteiger partial charge in [0.25, 0.3) is 11.8 Å². The van der Waals surface area contributed by atoms with Crippen molar-refractivity contribution in [1.29, 1.82) is 0 Å². The van der Waals surface area contributed by atoms with Crippen LogP contribution in [0.2, 0.25) is 0 Å². The van der Waals surface area contributed by atoms with Gasteiger partial charge in [-0.05, 0) is 43.0 Å². The fraction of sp³-hybridized carbons (Fsp3) is 0.364. The Morgan fingerprint density at radius 1 is 0.964 bits per heavy atom. The molecule has 0 radical (unpaired) electrons. The van der Waals surface area contributed by atoms with Crippen LogP contribution in [0.5, 0.6) is 11.5 Å². The Hall–Kier alpha value is -3.02. The van der Waals surface area contributed by atoms with Gasteiger partial charge < -0.3 is 19.7 Å². The van der Waals surface area contributed by atoms with Crippen molar-refractivity contribution in [3.63, 3.8) is 0 Å². The molecule has 28 heavy (non-hydrogen) atoms. The van der Waals surface area contributed by atoms with Gasteiger partial charge in [-0.15, -0.1) is 0 Å². The summed E-state index contributed by atoms with van der Waals surface area (Å²) in [4.78, 5) is 26.4. The second kappa shape index (κ2) is 9.78. The van der Waals surface area contributed by atoms with E-state index in [-0.39, 0.29) is 25.0 Å². The van der Waals surface area contributed by atoms with Crippen molar-refractivity contribution < 1.29 is 19.1 Å². The molecule has 2 aromatic rings. The standard InChI is InChI=1S/C22H26N2O4/c1-17-11-13-24(14-12-17)22(26)16-28-20-10-6-5-9-19(20)23-21(25)15-27-18-7-3-2-4-8-18/h2-10,17H,11-16H2,1H3,(H,23,25). The molecule has 148 valence electrons. The maximum Gasteiger partial charge on any atom is 0.262 e. The molecule has 1 saturated heterocycles. The zero-order valence-corrected chi connectivity index (χ0v) is 16.1. The number of nitrogens with one attached hydrogen (secondary N) is 1. The van der Waals surface area contributed by atoms with Crippen LogP contribution in [-0.2, 0) is 9.59 Å². The monoisotopic (exact) mass is 382 g/mol. The zero-order valence-electron chi connectivity index (χ0n) is 16.1. The van der Waals surface area contributed by atoms with E-state index in [1.807, 2.05) is 23.1 Å². The molecule has 1 N–H and O–H groups in total. The molecule has 3 rings (SSSR count). The molecular weight excluding hydrogens is 356 g/mol. The predicted octanol–water partition coefficient (Wildman–Crippen LogP) is 3.34. The van der Waals surface area contributed by atoms with Crippen molar-refractivity contribution in [2.75, 3.05) is 31.6 Å². The van der Waals surface area contributed by atoms with E-state index in [4.69, 9.17) is 9.47 Å². The molecule has 1 aliphatic rings. The molecule has 0 aromatic heterocycles. The summed E-state index contributed by atoms with van der Waals surface area (Å²) in [6, 6.07) is 16.2. The van der Waals surface area contributed by atoms with E-state index in [1.165, 1.54) is 0 Å². The summed E-state index contributed by atoms with van der Waals surface area (Å²) < 4.78 is 11.1. The van der Waals surface area contributed by atoms with Gasteiger partial charge in [-0.3, -0.25) is 9.59 Å². The smallest absolute Gasteiger partial charge is 0.262 e. The molecule has 2 amide bonds. The van der Waals surface area contributed by atoms with Crippen molar-refractivity contribution in [3.8, 4) is 11.5 Å². The van der Waals surface area contributed by atoms with E-state index in [9.17, 15) is 9.59 Å². The molecule has 6 nitrogen and oxygen atoms in total. The highest BCUT2D eigenvalue weighted by Crippen LogP contribution is 2.24. The molecule has 6 heteroatoms. The van der Waals surface area contributed by atoms with Crippen LogP contribution in [0.1, 0.15) is 19.8 Å². The van der Waals surface area contributed by atoms with E-state index in [0.717, 1.165) is 25.9 Å². The summed E-state index contributed by atoms with van der Waals surface area (Å²) in [6.07, 6.45) is 2.06.